The minimum Gasteiger partial charge on any atom is -0.419 e. The number of nitrogens with two attached hydrogens (primary N) is 1. The van der Waals surface area contributed by atoms with Crippen molar-refractivity contribution in [2.45, 2.75) is 50.4 Å². The summed E-state index contributed by atoms with van der Waals surface area (Å²) in [5.74, 6) is 1.31. The van der Waals surface area contributed by atoms with Crippen LogP contribution in [0.25, 0.3) is 11.5 Å². The van der Waals surface area contributed by atoms with Crippen LogP contribution in [0.4, 0.5) is 0 Å². The zero-order chi connectivity index (χ0) is 14.2. The van der Waals surface area contributed by atoms with Gasteiger partial charge in [-0.1, -0.05) is 18.2 Å². The first kappa shape index (κ1) is 13.0. The molecule has 2 aliphatic rings. The molecule has 3 heterocycles. The zero-order valence-electron chi connectivity index (χ0n) is 12.0. The maximum absolute atomic E-state index is 6.11. The van der Waals surface area contributed by atoms with Crippen molar-refractivity contribution in [1.82, 2.24) is 15.1 Å². The van der Waals surface area contributed by atoms with Crippen molar-refractivity contribution in [2.24, 2.45) is 5.73 Å². The third kappa shape index (κ3) is 2.47. The van der Waals surface area contributed by atoms with E-state index in [9.17, 15) is 0 Å². The lowest BCUT2D eigenvalue weighted by Gasteiger charge is -2.36. The lowest BCUT2D eigenvalue weighted by atomic mass is 9.98. The quantitative estimate of drug-likeness (QED) is 0.935. The van der Waals surface area contributed by atoms with Gasteiger partial charge < -0.3 is 10.2 Å². The van der Waals surface area contributed by atoms with Crippen LogP contribution in [0.2, 0.25) is 0 Å². The number of aromatic nitrogens is 2. The normalized spacial score (nSPS) is 28.9. The van der Waals surface area contributed by atoms with Crippen LogP contribution in [-0.4, -0.2) is 33.2 Å². The molecule has 1 aromatic heterocycles. The van der Waals surface area contributed by atoms with Crippen molar-refractivity contribution in [2.75, 3.05) is 0 Å². The Morgan fingerprint density at radius 2 is 1.81 bits per heavy atom. The third-order valence-electron chi connectivity index (χ3n) is 4.73. The van der Waals surface area contributed by atoms with E-state index in [0.717, 1.165) is 24.9 Å². The fourth-order valence-corrected chi connectivity index (χ4v) is 3.75. The predicted molar refractivity (Wildman–Crippen MR) is 79.3 cm³/mol. The average Bonchev–Trinajstić information content (AvgIpc) is 3.05. The summed E-state index contributed by atoms with van der Waals surface area (Å²) in [6, 6.07) is 11.5. The summed E-state index contributed by atoms with van der Waals surface area (Å²) in [5, 5.41) is 8.38. The molecular formula is C16H20N4O. The molecule has 4 rings (SSSR count). The molecule has 0 saturated carbocycles. The number of nitrogens with zero attached hydrogens (tertiary/aromatic N) is 3. The molecule has 2 aromatic rings. The molecule has 21 heavy (non-hydrogen) atoms. The topological polar surface area (TPSA) is 68.2 Å². The first-order chi connectivity index (χ1) is 10.3. The van der Waals surface area contributed by atoms with Crippen LogP contribution in [0.1, 0.15) is 31.6 Å². The zero-order valence-corrected chi connectivity index (χ0v) is 12.0. The van der Waals surface area contributed by atoms with Crippen LogP contribution in [0.15, 0.2) is 34.7 Å². The standard InChI is InChI=1S/C16H20N4O/c17-12-8-13-6-7-14(9-12)20(13)10-15-18-19-16(21-15)11-4-2-1-3-5-11/h1-5,12-14H,6-10,17H2. The van der Waals surface area contributed by atoms with Gasteiger partial charge in [-0.3, -0.25) is 4.90 Å². The van der Waals surface area contributed by atoms with Gasteiger partial charge in [0.25, 0.3) is 0 Å². The smallest absolute Gasteiger partial charge is 0.247 e. The van der Waals surface area contributed by atoms with Crippen LogP contribution >= 0.6 is 0 Å². The van der Waals surface area contributed by atoms with Crippen LogP contribution in [0, 0.1) is 0 Å². The molecule has 5 nitrogen and oxygen atoms in total. The van der Waals surface area contributed by atoms with Crippen molar-refractivity contribution in [3.8, 4) is 11.5 Å². The van der Waals surface area contributed by atoms with E-state index in [1.807, 2.05) is 30.3 Å². The molecule has 1 aromatic carbocycles. The Balaban J connectivity index is 1.50. The van der Waals surface area contributed by atoms with E-state index < -0.39 is 0 Å². The fraction of sp³-hybridized carbons (Fsp3) is 0.500. The Kier molecular flexibility index (Phi) is 3.24. The Labute approximate surface area is 124 Å². The summed E-state index contributed by atoms with van der Waals surface area (Å²) >= 11 is 0. The first-order valence-electron chi connectivity index (χ1n) is 7.69. The lowest BCUT2D eigenvalue weighted by molar-refractivity contribution is 0.109. The summed E-state index contributed by atoms with van der Waals surface area (Å²) < 4.78 is 5.83. The minimum atomic E-state index is 0.362. The van der Waals surface area contributed by atoms with E-state index in [1.54, 1.807) is 0 Å². The molecule has 2 unspecified atom stereocenters. The summed E-state index contributed by atoms with van der Waals surface area (Å²) in [4.78, 5) is 2.51. The molecule has 0 aliphatic carbocycles. The number of piperidine rings is 1. The first-order valence-corrected chi connectivity index (χ1v) is 7.69. The Hall–Kier alpha value is -1.72. The number of fused-ring (bicyclic) bond motifs is 2. The Morgan fingerprint density at radius 1 is 1.10 bits per heavy atom. The maximum Gasteiger partial charge on any atom is 0.247 e. The second-order valence-electron chi connectivity index (χ2n) is 6.16. The highest BCUT2D eigenvalue weighted by Gasteiger charge is 2.40. The van der Waals surface area contributed by atoms with E-state index in [0.29, 0.717) is 29.9 Å². The van der Waals surface area contributed by atoms with Crippen LogP contribution < -0.4 is 5.73 Å². The van der Waals surface area contributed by atoms with E-state index in [4.69, 9.17) is 10.2 Å². The number of hydrogen-bond acceptors (Lipinski definition) is 5. The van der Waals surface area contributed by atoms with Crippen molar-refractivity contribution >= 4 is 0 Å². The van der Waals surface area contributed by atoms with E-state index in [2.05, 4.69) is 15.1 Å². The molecule has 0 spiro atoms. The number of hydrogen-bond donors (Lipinski definition) is 1. The van der Waals surface area contributed by atoms with Crippen molar-refractivity contribution in [3.63, 3.8) is 0 Å². The summed E-state index contributed by atoms with van der Waals surface area (Å²) in [6.07, 6.45) is 4.68. The van der Waals surface area contributed by atoms with E-state index in [-0.39, 0.29) is 0 Å². The molecular weight excluding hydrogens is 264 g/mol. The van der Waals surface area contributed by atoms with Gasteiger partial charge in [0.1, 0.15) is 0 Å². The molecule has 2 fully saturated rings. The molecule has 110 valence electrons. The fourth-order valence-electron chi connectivity index (χ4n) is 3.75. The summed E-state index contributed by atoms with van der Waals surface area (Å²) in [7, 11) is 0. The highest BCUT2D eigenvalue weighted by atomic mass is 16.4. The van der Waals surface area contributed by atoms with E-state index in [1.165, 1.54) is 12.8 Å². The van der Waals surface area contributed by atoms with Gasteiger partial charge in [-0.15, -0.1) is 10.2 Å². The number of benzene rings is 1. The van der Waals surface area contributed by atoms with Crippen molar-refractivity contribution in [1.29, 1.82) is 0 Å². The SMILES string of the molecule is NC1CC2CCC(C1)N2Cc1nnc(-c2ccccc2)o1. The van der Waals surface area contributed by atoms with Crippen molar-refractivity contribution < 1.29 is 4.42 Å². The number of rotatable bonds is 3. The van der Waals surface area contributed by atoms with Gasteiger partial charge in [-0.05, 0) is 37.8 Å². The molecule has 2 aliphatic heterocycles. The molecule has 2 atom stereocenters. The summed E-state index contributed by atoms with van der Waals surface area (Å²) in [6.45, 7) is 0.752. The Morgan fingerprint density at radius 3 is 2.52 bits per heavy atom. The highest BCUT2D eigenvalue weighted by molar-refractivity contribution is 5.51. The van der Waals surface area contributed by atoms with Gasteiger partial charge in [-0.25, -0.2) is 0 Å². The van der Waals surface area contributed by atoms with Gasteiger partial charge in [0.2, 0.25) is 11.8 Å². The van der Waals surface area contributed by atoms with Crippen LogP contribution in [-0.2, 0) is 6.54 Å². The van der Waals surface area contributed by atoms with Gasteiger partial charge in [-0.2, -0.15) is 0 Å². The maximum atomic E-state index is 6.11. The third-order valence-corrected chi connectivity index (χ3v) is 4.73. The Bertz CT molecular complexity index is 598. The van der Waals surface area contributed by atoms with Gasteiger partial charge >= 0.3 is 0 Å². The predicted octanol–water partition coefficient (Wildman–Crippen LogP) is 2.19. The van der Waals surface area contributed by atoms with E-state index >= 15 is 0 Å². The molecule has 5 heteroatoms. The van der Waals surface area contributed by atoms with Gasteiger partial charge in [0, 0.05) is 23.7 Å². The van der Waals surface area contributed by atoms with Gasteiger partial charge in [0.05, 0.1) is 6.54 Å². The second-order valence-corrected chi connectivity index (χ2v) is 6.16. The molecule has 2 bridgehead atoms. The minimum absolute atomic E-state index is 0.362. The summed E-state index contributed by atoms with van der Waals surface area (Å²) in [5.41, 5.74) is 7.09. The average molecular weight is 284 g/mol. The van der Waals surface area contributed by atoms with Gasteiger partial charge in [0.15, 0.2) is 0 Å². The monoisotopic (exact) mass is 284 g/mol. The molecule has 0 amide bonds. The van der Waals surface area contributed by atoms with Crippen molar-refractivity contribution in [3.05, 3.63) is 36.2 Å². The molecule has 0 radical (unpaired) electrons. The largest absolute Gasteiger partial charge is 0.419 e. The molecule has 2 N–H and O–H groups in total. The second kappa shape index (κ2) is 5.24. The van der Waals surface area contributed by atoms with Crippen LogP contribution in [0.5, 0.6) is 0 Å². The lowest BCUT2D eigenvalue weighted by Crippen LogP contribution is -2.46. The highest BCUT2D eigenvalue weighted by Crippen LogP contribution is 2.36. The van der Waals surface area contributed by atoms with Crippen LogP contribution in [0.3, 0.4) is 0 Å². The molecule has 2 saturated heterocycles.